The van der Waals surface area contributed by atoms with Crippen LogP contribution in [0.1, 0.15) is 27.9 Å². The molecule has 4 nitrogen and oxygen atoms in total. The number of nitrogens with one attached hydrogen (secondary N) is 2. The van der Waals surface area contributed by atoms with Crippen LogP contribution < -0.4 is 10.6 Å². The lowest BCUT2D eigenvalue weighted by Gasteiger charge is -2.19. The Bertz CT molecular complexity index is 480. The van der Waals surface area contributed by atoms with Gasteiger partial charge >= 0.3 is 6.03 Å². The van der Waals surface area contributed by atoms with Crippen LogP contribution in [0, 0.1) is 0 Å². The molecule has 0 fully saturated rings. The molecule has 0 radical (unpaired) electrons. The molecule has 1 aliphatic heterocycles. The summed E-state index contributed by atoms with van der Waals surface area (Å²) >= 11 is 0. The number of hydrogen-bond acceptors (Lipinski definition) is 2. The third-order valence-corrected chi connectivity index (χ3v) is 2.94. The van der Waals surface area contributed by atoms with Crippen LogP contribution in [-0.2, 0) is 13.0 Å². The first-order chi connectivity index (χ1) is 7.24. The van der Waals surface area contributed by atoms with Gasteiger partial charge in [-0.15, -0.1) is 0 Å². The van der Waals surface area contributed by atoms with Crippen molar-refractivity contribution in [2.75, 3.05) is 5.32 Å². The van der Waals surface area contributed by atoms with Crippen LogP contribution in [0.5, 0.6) is 0 Å². The first-order valence-electron chi connectivity index (χ1n) is 4.98. The van der Waals surface area contributed by atoms with Crippen LogP contribution in [-0.4, -0.2) is 11.8 Å². The molecule has 0 unspecified atom stereocenters. The molecule has 0 spiro atoms. The lowest BCUT2D eigenvalue weighted by atomic mass is 10.0. The third kappa shape index (κ3) is 1.21. The lowest BCUT2D eigenvalue weighted by molar-refractivity contribution is 0.0994. The van der Waals surface area contributed by atoms with E-state index in [1.54, 1.807) is 6.07 Å². The zero-order valence-electron chi connectivity index (χ0n) is 8.09. The molecule has 15 heavy (non-hydrogen) atoms. The average Bonchev–Trinajstić information content (AvgIpc) is 2.57. The first-order valence-corrected chi connectivity index (χ1v) is 4.98. The van der Waals surface area contributed by atoms with Crippen LogP contribution >= 0.6 is 0 Å². The molecule has 2 N–H and O–H groups in total. The molecule has 1 aromatic carbocycles. The van der Waals surface area contributed by atoms with E-state index in [2.05, 4.69) is 10.6 Å². The van der Waals surface area contributed by atoms with E-state index in [1.807, 2.05) is 6.07 Å². The Labute approximate surface area is 86.7 Å². The number of benzene rings is 1. The number of hydrogen-bond donors (Lipinski definition) is 2. The van der Waals surface area contributed by atoms with Crippen LogP contribution in [0.2, 0.25) is 0 Å². The number of aryl methyl sites for hydroxylation is 1. The van der Waals surface area contributed by atoms with E-state index in [-0.39, 0.29) is 11.8 Å². The molecular formula is C11H10N2O2. The molecule has 2 aliphatic rings. The maximum atomic E-state index is 11.5. The number of anilines is 1. The summed E-state index contributed by atoms with van der Waals surface area (Å²) in [5, 5.41) is 5.41. The Hall–Kier alpha value is -1.84. The van der Waals surface area contributed by atoms with Gasteiger partial charge in [0.2, 0.25) is 0 Å². The van der Waals surface area contributed by atoms with Crippen molar-refractivity contribution in [3.05, 3.63) is 28.8 Å². The summed E-state index contributed by atoms with van der Waals surface area (Å²) in [7, 11) is 0. The molecule has 0 aromatic heterocycles. The molecule has 0 bridgehead atoms. The highest BCUT2D eigenvalue weighted by Crippen LogP contribution is 2.29. The Morgan fingerprint density at radius 2 is 1.93 bits per heavy atom. The normalized spacial score (nSPS) is 17.9. The second-order valence-electron chi connectivity index (χ2n) is 3.90. The minimum Gasteiger partial charge on any atom is -0.334 e. The van der Waals surface area contributed by atoms with Gasteiger partial charge in [-0.2, -0.15) is 0 Å². The molecular weight excluding hydrogens is 192 g/mol. The van der Waals surface area contributed by atoms with Crippen LogP contribution in [0.3, 0.4) is 0 Å². The number of rotatable bonds is 0. The van der Waals surface area contributed by atoms with Crippen LogP contribution in [0.4, 0.5) is 10.5 Å². The van der Waals surface area contributed by atoms with Gasteiger partial charge in [0.25, 0.3) is 0 Å². The average molecular weight is 202 g/mol. The zero-order chi connectivity index (χ0) is 10.4. The second-order valence-corrected chi connectivity index (χ2v) is 3.90. The van der Waals surface area contributed by atoms with E-state index >= 15 is 0 Å². The fourth-order valence-corrected chi connectivity index (χ4v) is 2.15. The number of carbonyl (C=O) groups is 2. The summed E-state index contributed by atoms with van der Waals surface area (Å²) in [5.41, 5.74) is 3.71. The van der Waals surface area contributed by atoms with Crippen molar-refractivity contribution in [3.63, 3.8) is 0 Å². The molecule has 4 heteroatoms. The third-order valence-electron chi connectivity index (χ3n) is 2.94. The molecule has 76 valence electrons. The summed E-state index contributed by atoms with van der Waals surface area (Å²) in [6.07, 6.45) is 1.43. The van der Waals surface area contributed by atoms with Crippen LogP contribution in [0.15, 0.2) is 12.1 Å². The SMILES string of the molecule is O=C1NCc2cc3c(cc2N1)C(=O)CC3. The van der Waals surface area contributed by atoms with Gasteiger partial charge in [-0.25, -0.2) is 4.79 Å². The molecule has 1 aromatic rings. The molecule has 1 aliphatic carbocycles. The summed E-state index contributed by atoms with van der Waals surface area (Å²) in [6, 6.07) is 3.62. The highest BCUT2D eigenvalue weighted by Gasteiger charge is 2.23. The Balaban J connectivity index is 2.14. The van der Waals surface area contributed by atoms with Gasteiger partial charge in [-0.1, -0.05) is 6.07 Å². The quantitative estimate of drug-likeness (QED) is 0.669. The summed E-state index contributed by atoms with van der Waals surface area (Å²) in [6.45, 7) is 0.544. The standard InChI is InChI=1S/C11H10N2O2/c14-10-2-1-6-3-7-5-12-11(15)13-9(7)4-8(6)10/h3-4H,1-2,5H2,(H2,12,13,15). The minimum atomic E-state index is -0.201. The summed E-state index contributed by atoms with van der Waals surface area (Å²) in [4.78, 5) is 22.6. The number of urea groups is 1. The van der Waals surface area contributed by atoms with Crippen molar-refractivity contribution < 1.29 is 9.59 Å². The topological polar surface area (TPSA) is 58.2 Å². The van der Waals surface area contributed by atoms with E-state index in [0.29, 0.717) is 13.0 Å². The van der Waals surface area contributed by atoms with Gasteiger partial charge in [0.15, 0.2) is 5.78 Å². The number of carbonyl (C=O) groups excluding carboxylic acids is 2. The first kappa shape index (κ1) is 8.47. The number of Topliss-reactive ketones (excluding diaryl/α,β-unsaturated/α-hetero) is 1. The molecule has 2 amide bonds. The highest BCUT2D eigenvalue weighted by molar-refractivity contribution is 6.03. The fourth-order valence-electron chi connectivity index (χ4n) is 2.15. The van der Waals surface area contributed by atoms with Gasteiger partial charge in [0.05, 0.1) is 0 Å². The van der Waals surface area contributed by atoms with Crippen LogP contribution in [0.25, 0.3) is 0 Å². The lowest BCUT2D eigenvalue weighted by Crippen LogP contribution is -2.33. The predicted molar refractivity (Wildman–Crippen MR) is 55.0 cm³/mol. The molecule has 0 saturated carbocycles. The maximum absolute atomic E-state index is 11.5. The summed E-state index contributed by atoms with van der Waals surface area (Å²) < 4.78 is 0. The number of ketones is 1. The Kier molecular flexibility index (Phi) is 1.59. The van der Waals surface area contributed by atoms with E-state index in [1.165, 1.54) is 0 Å². The van der Waals surface area contributed by atoms with Crippen molar-refractivity contribution in [1.29, 1.82) is 0 Å². The van der Waals surface area contributed by atoms with Crippen molar-refractivity contribution in [3.8, 4) is 0 Å². The van der Waals surface area contributed by atoms with Crippen molar-refractivity contribution in [2.24, 2.45) is 0 Å². The van der Waals surface area contributed by atoms with E-state index in [4.69, 9.17) is 0 Å². The zero-order valence-corrected chi connectivity index (χ0v) is 8.09. The minimum absolute atomic E-state index is 0.181. The smallest absolute Gasteiger partial charge is 0.319 e. The van der Waals surface area contributed by atoms with Crippen molar-refractivity contribution in [1.82, 2.24) is 5.32 Å². The Morgan fingerprint density at radius 3 is 2.80 bits per heavy atom. The number of fused-ring (bicyclic) bond motifs is 2. The van der Waals surface area contributed by atoms with Gasteiger partial charge in [0.1, 0.15) is 0 Å². The van der Waals surface area contributed by atoms with Crippen molar-refractivity contribution >= 4 is 17.5 Å². The van der Waals surface area contributed by atoms with E-state index in [0.717, 1.165) is 28.8 Å². The van der Waals surface area contributed by atoms with Gasteiger partial charge in [0, 0.05) is 24.2 Å². The molecule has 0 atom stereocenters. The molecule has 0 saturated heterocycles. The second kappa shape index (κ2) is 2.82. The predicted octanol–water partition coefficient (Wildman–Crippen LogP) is 1.45. The molecule has 3 rings (SSSR count). The highest BCUT2D eigenvalue weighted by atomic mass is 16.2. The maximum Gasteiger partial charge on any atom is 0.319 e. The van der Waals surface area contributed by atoms with Gasteiger partial charge < -0.3 is 10.6 Å². The molecule has 1 heterocycles. The van der Waals surface area contributed by atoms with E-state index < -0.39 is 0 Å². The summed E-state index contributed by atoms with van der Waals surface area (Å²) in [5.74, 6) is 0.181. The van der Waals surface area contributed by atoms with E-state index in [9.17, 15) is 9.59 Å². The largest absolute Gasteiger partial charge is 0.334 e. The van der Waals surface area contributed by atoms with Gasteiger partial charge in [-0.3, -0.25) is 4.79 Å². The Morgan fingerprint density at radius 1 is 1.07 bits per heavy atom. The van der Waals surface area contributed by atoms with Gasteiger partial charge in [-0.05, 0) is 23.6 Å². The van der Waals surface area contributed by atoms with Crippen molar-refractivity contribution in [2.45, 2.75) is 19.4 Å². The number of amides is 2. The monoisotopic (exact) mass is 202 g/mol. The fraction of sp³-hybridized carbons (Fsp3) is 0.273.